The number of hydrogen-bond acceptors (Lipinski definition) is 7. The maximum Gasteiger partial charge on any atom is 0.326 e. The van der Waals surface area contributed by atoms with Crippen molar-refractivity contribution in [2.45, 2.75) is 42.6 Å². The number of thioether (sulfide) groups is 1. The van der Waals surface area contributed by atoms with E-state index in [1.165, 1.54) is 16.7 Å². The lowest BCUT2D eigenvalue weighted by Crippen LogP contribution is -2.41. The Bertz CT molecular complexity index is 561. The zero-order chi connectivity index (χ0) is 15.0. The second kappa shape index (κ2) is 5.60. The molecule has 1 amide bonds. The average Bonchev–Trinajstić information content (AvgIpc) is 3.04. The first kappa shape index (κ1) is 14.3. The van der Waals surface area contributed by atoms with Gasteiger partial charge in [0.25, 0.3) is 0 Å². The summed E-state index contributed by atoms with van der Waals surface area (Å²) in [5, 5.41) is 30.5. The molecule has 1 saturated carbocycles. The van der Waals surface area contributed by atoms with Gasteiger partial charge in [0.1, 0.15) is 6.04 Å². The smallest absolute Gasteiger partial charge is 0.326 e. The van der Waals surface area contributed by atoms with Gasteiger partial charge in [0, 0.05) is 13.0 Å². The number of nitrogens with zero attached hydrogens (tertiary/aromatic N) is 5. The fourth-order valence-electron chi connectivity index (χ4n) is 2.36. The molecule has 2 heterocycles. The van der Waals surface area contributed by atoms with E-state index in [9.17, 15) is 14.7 Å². The number of β-amino-alcohol motifs (C(OH)–C–C–N with tert-alkyl or cyclic N) is 1. The third kappa shape index (κ3) is 3.00. The van der Waals surface area contributed by atoms with Gasteiger partial charge < -0.3 is 15.1 Å². The van der Waals surface area contributed by atoms with E-state index in [1.807, 2.05) is 0 Å². The van der Waals surface area contributed by atoms with Crippen molar-refractivity contribution in [1.82, 2.24) is 25.1 Å². The molecule has 3 rings (SSSR count). The second-order valence-corrected chi connectivity index (χ2v) is 6.16. The van der Waals surface area contributed by atoms with Crippen LogP contribution < -0.4 is 0 Å². The van der Waals surface area contributed by atoms with E-state index in [0.29, 0.717) is 11.2 Å². The Morgan fingerprint density at radius 3 is 2.81 bits per heavy atom. The van der Waals surface area contributed by atoms with Crippen molar-refractivity contribution in [2.75, 3.05) is 12.3 Å². The molecule has 1 aliphatic carbocycles. The summed E-state index contributed by atoms with van der Waals surface area (Å²) in [4.78, 5) is 24.5. The predicted molar refractivity (Wildman–Crippen MR) is 70.6 cm³/mol. The molecule has 0 spiro atoms. The van der Waals surface area contributed by atoms with Crippen LogP contribution in [0, 0.1) is 0 Å². The number of aliphatic hydroxyl groups excluding tert-OH is 1. The van der Waals surface area contributed by atoms with E-state index in [0.717, 1.165) is 12.8 Å². The summed E-state index contributed by atoms with van der Waals surface area (Å²) in [7, 11) is 0. The number of carboxylic acids is 1. The van der Waals surface area contributed by atoms with E-state index in [2.05, 4.69) is 15.5 Å². The maximum absolute atomic E-state index is 12.2. The molecule has 21 heavy (non-hydrogen) atoms. The van der Waals surface area contributed by atoms with Gasteiger partial charge in [-0.15, -0.1) is 5.10 Å². The molecule has 1 aromatic rings. The molecule has 2 N–H and O–H groups in total. The molecule has 9 nitrogen and oxygen atoms in total. The van der Waals surface area contributed by atoms with E-state index in [-0.39, 0.29) is 24.6 Å². The number of likely N-dealkylation sites (tertiary alicyclic amines) is 1. The number of carbonyl (C=O) groups excluding carboxylic acids is 1. The van der Waals surface area contributed by atoms with Crippen LogP contribution in [0.25, 0.3) is 0 Å². The quantitative estimate of drug-likeness (QED) is 0.674. The van der Waals surface area contributed by atoms with E-state index < -0.39 is 18.1 Å². The molecule has 0 aromatic carbocycles. The number of carboxylic acid groups (broad SMARTS) is 1. The van der Waals surface area contributed by atoms with Crippen LogP contribution in [0.3, 0.4) is 0 Å². The third-order valence-corrected chi connectivity index (χ3v) is 4.48. The first-order chi connectivity index (χ1) is 10.1. The van der Waals surface area contributed by atoms with Gasteiger partial charge in [0.2, 0.25) is 11.1 Å². The van der Waals surface area contributed by atoms with Gasteiger partial charge in [-0.2, -0.15) is 0 Å². The number of aliphatic hydroxyl groups is 1. The molecule has 114 valence electrons. The number of carbonyl (C=O) groups is 2. The van der Waals surface area contributed by atoms with Crippen molar-refractivity contribution in [3.05, 3.63) is 0 Å². The number of aliphatic carboxylic acids is 1. The lowest BCUT2D eigenvalue weighted by molar-refractivity contribution is -0.147. The van der Waals surface area contributed by atoms with Crippen LogP contribution in [0.5, 0.6) is 0 Å². The van der Waals surface area contributed by atoms with Crippen LogP contribution in [0.15, 0.2) is 5.16 Å². The van der Waals surface area contributed by atoms with E-state index in [4.69, 9.17) is 5.11 Å². The zero-order valence-corrected chi connectivity index (χ0v) is 11.9. The summed E-state index contributed by atoms with van der Waals surface area (Å²) in [6.07, 6.45) is 1.36. The zero-order valence-electron chi connectivity index (χ0n) is 11.1. The third-order valence-electron chi connectivity index (χ3n) is 3.56. The highest BCUT2D eigenvalue weighted by Crippen LogP contribution is 2.36. The van der Waals surface area contributed by atoms with Gasteiger partial charge in [-0.3, -0.25) is 4.79 Å². The van der Waals surface area contributed by atoms with Crippen LogP contribution in [0.4, 0.5) is 0 Å². The van der Waals surface area contributed by atoms with Crippen LogP contribution in [-0.2, 0) is 9.59 Å². The number of tetrazole rings is 1. The Labute approximate surface area is 124 Å². The Morgan fingerprint density at radius 2 is 2.14 bits per heavy atom. The summed E-state index contributed by atoms with van der Waals surface area (Å²) in [6, 6.07) is -0.634. The molecular formula is C11H15N5O4S. The maximum atomic E-state index is 12.2. The monoisotopic (exact) mass is 313 g/mol. The molecule has 0 radical (unpaired) electrons. The topological polar surface area (TPSA) is 121 Å². The summed E-state index contributed by atoms with van der Waals surface area (Å²) < 4.78 is 1.70. The molecule has 2 aliphatic rings. The second-order valence-electron chi connectivity index (χ2n) is 5.22. The van der Waals surface area contributed by atoms with Crippen LogP contribution in [0.2, 0.25) is 0 Å². The van der Waals surface area contributed by atoms with Crippen molar-refractivity contribution < 1.29 is 19.8 Å². The van der Waals surface area contributed by atoms with Crippen LogP contribution >= 0.6 is 11.8 Å². The molecule has 2 atom stereocenters. The Morgan fingerprint density at radius 1 is 1.38 bits per heavy atom. The van der Waals surface area contributed by atoms with Crippen LogP contribution in [-0.4, -0.2) is 71.6 Å². The van der Waals surface area contributed by atoms with Crippen molar-refractivity contribution in [3.63, 3.8) is 0 Å². The summed E-state index contributed by atoms with van der Waals surface area (Å²) in [5.74, 6) is -1.36. The van der Waals surface area contributed by atoms with E-state index >= 15 is 0 Å². The Balaban J connectivity index is 1.60. The van der Waals surface area contributed by atoms with Gasteiger partial charge >= 0.3 is 5.97 Å². The van der Waals surface area contributed by atoms with Crippen molar-refractivity contribution in [1.29, 1.82) is 0 Å². The van der Waals surface area contributed by atoms with Crippen molar-refractivity contribution >= 4 is 23.6 Å². The lowest BCUT2D eigenvalue weighted by atomic mass is 10.2. The minimum atomic E-state index is -1.09. The van der Waals surface area contributed by atoms with E-state index in [1.54, 1.807) is 4.68 Å². The molecule has 1 aromatic heterocycles. The minimum Gasteiger partial charge on any atom is -0.480 e. The highest BCUT2D eigenvalue weighted by atomic mass is 32.2. The highest BCUT2D eigenvalue weighted by molar-refractivity contribution is 7.99. The van der Waals surface area contributed by atoms with Gasteiger partial charge in [-0.1, -0.05) is 11.8 Å². The summed E-state index contributed by atoms with van der Waals surface area (Å²) in [5.41, 5.74) is 0. The number of aromatic nitrogens is 4. The molecule has 2 fully saturated rings. The van der Waals surface area contributed by atoms with Gasteiger partial charge in [-0.05, 0) is 23.3 Å². The van der Waals surface area contributed by atoms with Crippen molar-refractivity contribution in [2.24, 2.45) is 0 Å². The van der Waals surface area contributed by atoms with Gasteiger partial charge in [0.15, 0.2) is 0 Å². The van der Waals surface area contributed by atoms with Gasteiger partial charge in [0.05, 0.1) is 17.9 Å². The molecule has 1 aliphatic heterocycles. The number of rotatable bonds is 5. The molecule has 0 unspecified atom stereocenters. The van der Waals surface area contributed by atoms with Crippen molar-refractivity contribution in [3.8, 4) is 0 Å². The molecule has 1 saturated heterocycles. The predicted octanol–water partition coefficient (Wildman–Crippen LogP) is -0.853. The first-order valence-corrected chi connectivity index (χ1v) is 7.66. The van der Waals surface area contributed by atoms with Crippen LogP contribution in [0.1, 0.15) is 25.3 Å². The fraction of sp³-hybridized carbons (Fsp3) is 0.727. The fourth-order valence-corrected chi connectivity index (χ4v) is 3.19. The molecular weight excluding hydrogens is 298 g/mol. The minimum absolute atomic E-state index is 0.0591. The molecule has 10 heteroatoms. The normalized spacial score (nSPS) is 25.3. The number of amides is 1. The Hall–Kier alpha value is -1.68. The highest BCUT2D eigenvalue weighted by Gasteiger charge is 2.39. The first-order valence-electron chi connectivity index (χ1n) is 6.67. The Kier molecular flexibility index (Phi) is 3.81. The summed E-state index contributed by atoms with van der Waals surface area (Å²) in [6.45, 7) is 0.0594. The summed E-state index contributed by atoms with van der Waals surface area (Å²) >= 11 is 1.19. The lowest BCUT2D eigenvalue weighted by Gasteiger charge is -2.20. The standard InChI is InChI=1S/C11H15N5O4S/c17-7-3-8(10(19)20)15(4-7)9(18)5-21-11-12-13-14-16(11)6-1-2-6/h6-8,17H,1-5H2,(H,19,20)/t7-,8-/m0/s1. The largest absolute Gasteiger partial charge is 0.480 e. The SMILES string of the molecule is O=C(O)[C@@H]1C[C@H](O)CN1C(=O)CSc1nnnn1C1CC1. The molecule has 0 bridgehead atoms. The van der Waals surface area contributed by atoms with Gasteiger partial charge in [-0.25, -0.2) is 9.48 Å². The number of hydrogen-bond donors (Lipinski definition) is 2. The average molecular weight is 313 g/mol.